The number of hydrogen-bond donors (Lipinski definition) is 1. The van der Waals surface area contributed by atoms with Gasteiger partial charge in [0.05, 0.1) is 30.9 Å². The second-order valence-electron chi connectivity index (χ2n) is 5.66. The minimum Gasteiger partial charge on any atom is -0.376 e. The molecule has 3 rings (SSSR count). The third kappa shape index (κ3) is 3.71. The van der Waals surface area contributed by atoms with Crippen molar-refractivity contribution >= 4 is 0 Å². The fourth-order valence-corrected chi connectivity index (χ4v) is 2.82. The van der Waals surface area contributed by atoms with Crippen LogP contribution in [0.5, 0.6) is 0 Å². The average Bonchev–Trinajstić information content (AvgIpc) is 2.97. The molecule has 0 bridgehead atoms. The fourth-order valence-electron chi connectivity index (χ4n) is 2.82. The van der Waals surface area contributed by atoms with Gasteiger partial charge in [0.25, 0.3) is 0 Å². The van der Waals surface area contributed by atoms with Crippen LogP contribution in [0, 0.1) is 6.92 Å². The van der Waals surface area contributed by atoms with Crippen LogP contribution in [0.1, 0.15) is 18.4 Å². The molecule has 0 atom stereocenters. The molecule has 1 aromatic carbocycles. The van der Waals surface area contributed by atoms with Gasteiger partial charge in [0.2, 0.25) is 0 Å². The van der Waals surface area contributed by atoms with Gasteiger partial charge in [0, 0.05) is 12.1 Å². The van der Waals surface area contributed by atoms with Gasteiger partial charge in [-0.15, -0.1) is 0 Å². The van der Waals surface area contributed by atoms with E-state index in [1.165, 1.54) is 11.1 Å². The summed E-state index contributed by atoms with van der Waals surface area (Å²) in [5, 5.41) is 3.36. The summed E-state index contributed by atoms with van der Waals surface area (Å²) in [4.78, 5) is 4.29. The van der Waals surface area contributed by atoms with E-state index in [0.717, 1.165) is 44.8 Å². The lowest BCUT2D eigenvalue weighted by atomic mass is 10.1. The maximum absolute atomic E-state index is 5.98. The van der Waals surface area contributed by atoms with Crippen molar-refractivity contribution in [1.82, 2.24) is 14.9 Å². The molecule has 1 aromatic heterocycles. The zero-order valence-corrected chi connectivity index (χ0v) is 12.6. The van der Waals surface area contributed by atoms with Crippen LogP contribution in [-0.2, 0) is 11.3 Å². The van der Waals surface area contributed by atoms with Gasteiger partial charge in [-0.3, -0.25) is 0 Å². The molecule has 2 aromatic rings. The number of ether oxygens (including phenoxy) is 1. The topological polar surface area (TPSA) is 39.1 Å². The molecule has 0 unspecified atom stereocenters. The lowest BCUT2D eigenvalue weighted by molar-refractivity contribution is 0.0286. The first-order valence-electron chi connectivity index (χ1n) is 7.72. The quantitative estimate of drug-likeness (QED) is 0.918. The highest BCUT2D eigenvalue weighted by Crippen LogP contribution is 2.20. The third-order valence-electron chi connectivity index (χ3n) is 4.00. The summed E-state index contributed by atoms with van der Waals surface area (Å²) in [6, 6.07) is 8.54. The Morgan fingerprint density at radius 3 is 3.00 bits per heavy atom. The van der Waals surface area contributed by atoms with Gasteiger partial charge in [0.15, 0.2) is 0 Å². The van der Waals surface area contributed by atoms with E-state index in [1.54, 1.807) is 0 Å². The molecule has 21 heavy (non-hydrogen) atoms. The molecule has 1 N–H and O–H groups in total. The summed E-state index contributed by atoms with van der Waals surface area (Å²) < 4.78 is 8.16. The van der Waals surface area contributed by atoms with E-state index in [2.05, 4.69) is 46.1 Å². The van der Waals surface area contributed by atoms with Crippen LogP contribution in [0.3, 0.4) is 0 Å². The summed E-state index contributed by atoms with van der Waals surface area (Å²) in [6.07, 6.45) is 6.48. The second-order valence-corrected chi connectivity index (χ2v) is 5.66. The van der Waals surface area contributed by atoms with E-state index >= 15 is 0 Å². The van der Waals surface area contributed by atoms with Crippen molar-refractivity contribution in [1.29, 1.82) is 0 Å². The number of benzene rings is 1. The minimum atomic E-state index is 0.414. The molecule has 0 saturated carbocycles. The maximum Gasteiger partial charge on any atom is 0.0951 e. The second kappa shape index (κ2) is 6.87. The van der Waals surface area contributed by atoms with Crippen LogP contribution in [0.25, 0.3) is 11.3 Å². The molecular weight excluding hydrogens is 262 g/mol. The first-order valence-corrected chi connectivity index (χ1v) is 7.72. The number of imidazole rings is 1. The summed E-state index contributed by atoms with van der Waals surface area (Å²) in [6.45, 7) is 5.87. The smallest absolute Gasteiger partial charge is 0.0951 e. The standard InChI is InChI=1S/C17H23N3O/c1-14-3-2-4-15(11-14)17-12-19-13-20(17)9-10-21-16-5-7-18-8-6-16/h2-4,11-13,16,18H,5-10H2,1H3. The number of rotatable bonds is 5. The highest BCUT2D eigenvalue weighted by Gasteiger charge is 2.13. The highest BCUT2D eigenvalue weighted by molar-refractivity contribution is 5.59. The monoisotopic (exact) mass is 285 g/mol. The zero-order chi connectivity index (χ0) is 14.5. The Kier molecular flexibility index (Phi) is 4.68. The number of nitrogens with one attached hydrogen (secondary N) is 1. The molecule has 4 heteroatoms. The number of aryl methyl sites for hydroxylation is 1. The summed E-state index contributed by atoms with van der Waals surface area (Å²) >= 11 is 0. The Morgan fingerprint density at radius 2 is 2.19 bits per heavy atom. The number of aromatic nitrogens is 2. The third-order valence-corrected chi connectivity index (χ3v) is 4.00. The SMILES string of the molecule is Cc1cccc(-c2cncn2CCOC2CCNCC2)c1. The Bertz CT molecular complexity index is 573. The Balaban J connectivity index is 1.60. The molecule has 1 aliphatic rings. The van der Waals surface area contributed by atoms with Crippen LogP contribution < -0.4 is 5.32 Å². The first kappa shape index (κ1) is 14.3. The molecule has 0 radical (unpaired) electrons. The molecule has 0 spiro atoms. The Hall–Kier alpha value is -1.65. The van der Waals surface area contributed by atoms with Crippen LogP contribution in [0.4, 0.5) is 0 Å². The van der Waals surface area contributed by atoms with Crippen molar-refractivity contribution in [3.63, 3.8) is 0 Å². The van der Waals surface area contributed by atoms with Gasteiger partial charge in [-0.25, -0.2) is 4.98 Å². The van der Waals surface area contributed by atoms with Gasteiger partial charge in [-0.05, 0) is 38.9 Å². The van der Waals surface area contributed by atoms with Crippen molar-refractivity contribution in [2.24, 2.45) is 0 Å². The van der Waals surface area contributed by atoms with Gasteiger partial charge >= 0.3 is 0 Å². The van der Waals surface area contributed by atoms with Crippen LogP contribution in [-0.4, -0.2) is 35.4 Å². The molecule has 0 amide bonds. The number of nitrogens with zero attached hydrogens (tertiary/aromatic N) is 2. The molecule has 1 aliphatic heterocycles. The van der Waals surface area contributed by atoms with Crippen LogP contribution in [0.15, 0.2) is 36.8 Å². The average molecular weight is 285 g/mol. The van der Waals surface area contributed by atoms with Gasteiger partial charge in [0.1, 0.15) is 0 Å². The van der Waals surface area contributed by atoms with E-state index in [1.807, 2.05) is 12.5 Å². The largest absolute Gasteiger partial charge is 0.376 e. The number of hydrogen-bond acceptors (Lipinski definition) is 3. The first-order chi connectivity index (χ1) is 10.3. The highest BCUT2D eigenvalue weighted by atomic mass is 16.5. The van der Waals surface area contributed by atoms with E-state index in [4.69, 9.17) is 4.74 Å². The Labute approximate surface area is 126 Å². The van der Waals surface area contributed by atoms with Crippen LogP contribution >= 0.6 is 0 Å². The van der Waals surface area contributed by atoms with E-state index in [9.17, 15) is 0 Å². The van der Waals surface area contributed by atoms with Crippen molar-refractivity contribution in [3.05, 3.63) is 42.4 Å². The maximum atomic E-state index is 5.98. The summed E-state index contributed by atoms with van der Waals surface area (Å²) in [5.41, 5.74) is 3.65. The predicted octanol–water partition coefficient (Wildman–Crippen LogP) is 2.63. The normalized spacial score (nSPS) is 16.2. The fraction of sp³-hybridized carbons (Fsp3) is 0.471. The van der Waals surface area contributed by atoms with E-state index in [-0.39, 0.29) is 0 Å². The lowest BCUT2D eigenvalue weighted by Crippen LogP contribution is -2.33. The molecule has 0 aliphatic carbocycles. The predicted molar refractivity (Wildman–Crippen MR) is 84.2 cm³/mol. The van der Waals surface area contributed by atoms with E-state index in [0.29, 0.717) is 6.10 Å². The number of piperidine rings is 1. The molecule has 4 nitrogen and oxygen atoms in total. The minimum absolute atomic E-state index is 0.414. The van der Waals surface area contributed by atoms with Gasteiger partial charge in [-0.1, -0.05) is 23.8 Å². The van der Waals surface area contributed by atoms with Gasteiger partial charge < -0.3 is 14.6 Å². The lowest BCUT2D eigenvalue weighted by Gasteiger charge is -2.23. The molecule has 1 fully saturated rings. The van der Waals surface area contributed by atoms with Crippen molar-refractivity contribution < 1.29 is 4.74 Å². The Morgan fingerprint density at radius 1 is 1.33 bits per heavy atom. The summed E-state index contributed by atoms with van der Waals surface area (Å²) in [7, 11) is 0. The van der Waals surface area contributed by atoms with Crippen LogP contribution in [0.2, 0.25) is 0 Å². The van der Waals surface area contributed by atoms with Crippen molar-refractivity contribution in [2.45, 2.75) is 32.4 Å². The molecule has 2 heterocycles. The van der Waals surface area contributed by atoms with E-state index < -0.39 is 0 Å². The molecule has 112 valence electrons. The van der Waals surface area contributed by atoms with Crippen molar-refractivity contribution in [2.75, 3.05) is 19.7 Å². The molecular formula is C17H23N3O. The summed E-state index contributed by atoms with van der Waals surface area (Å²) in [5.74, 6) is 0. The van der Waals surface area contributed by atoms with Crippen molar-refractivity contribution in [3.8, 4) is 11.3 Å². The molecule has 1 saturated heterocycles. The van der Waals surface area contributed by atoms with Gasteiger partial charge in [-0.2, -0.15) is 0 Å². The zero-order valence-electron chi connectivity index (χ0n) is 12.6.